The molecule has 1 fully saturated rings. The highest BCUT2D eigenvalue weighted by atomic mass is 35.5. The number of nitrogens with one attached hydrogen (secondary N) is 1. The van der Waals surface area contributed by atoms with Gasteiger partial charge in [0.25, 0.3) is 0 Å². The molecule has 0 atom stereocenters. The summed E-state index contributed by atoms with van der Waals surface area (Å²) in [7, 11) is 0. The van der Waals surface area contributed by atoms with E-state index in [1.54, 1.807) is 12.1 Å². The fraction of sp³-hybridized carbons (Fsp3) is 0.455. The van der Waals surface area contributed by atoms with Gasteiger partial charge in [0.2, 0.25) is 0 Å². The molecule has 1 aliphatic carbocycles. The van der Waals surface area contributed by atoms with Crippen molar-refractivity contribution in [3.8, 4) is 0 Å². The fourth-order valence-electron chi connectivity index (χ4n) is 1.90. The van der Waals surface area contributed by atoms with E-state index in [0.717, 1.165) is 12.8 Å². The Hall–Kier alpha value is -0.760. The SMILES string of the molecule is Fc1ccc(Cl)cc1NC1CCCC1. The zero-order valence-electron chi connectivity index (χ0n) is 7.89. The molecule has 2 rings (SSSR count). The molecule has 0 radical (unpaired) electrons. The maximum Gasteiger partial charge on any atom is 0.146 e. The maximum absolute atomic E-state index is 13.3. The van der Waals surface area contributed by atoms with Gasteiger partial charge >= 0.3 is 0 Å². The highest BCUT2D eigenvalue weighted by molar-refractivity contribution is 6.30. The number of halogens is 2. The molecular weight excluding hydrogens is 201 g/mol. The first-order valence-corrected chi connectivity index (χ1v) is 5.35. The minimum atomic E-state index is -0.221. The molecule has 76 valence electrons. The first kappa shape index (κ1) is 9.78. The summed E-state index contributed by atoms with van der Waals surface area (Å²) in [5.74, 6) is -0.221. The second-order valence-corrected chi connectivity index (χ2v) is 4.19. The van der Waals surface area contributed by atoms with E-state index in [4.69, 9.17) is 11.6 Å². The van der Waals surface area contributed by atoms with Crippen LogP contribution >= 0.6 is 11.6 Å². The Kier molecular flexibility index (Phi) is 2.92. The summed E-state index contributed by atoms with van der Waals surface area (Å²) in [4.78, 5) is 0. The van der Waals surface area contributed by atoms with E-state index in [9.17, 15) is 4.39 Å². The lowest BCUT2D eigenvalue weighted by molar-refractivity contribution is 0.624. The van der Waals surface area contributed by atoms with E-state index in [1.807, 2.05) is 0 Å². The summed E-state index contributed by atoms with van der Waals surface area (Å²) >= 11 is 5.80. The molecule has 1 saturated carbocycles. The van der Waals surface area contributed by atoms with Gasteiger partial charge in [-0.3, -0.25) is 0 Å². The third-order valence-corrected chi connectivity index (χ3v) is 2.88. The number of rotatable bonds is 2. The molecule has 0 aromatic heterocycles. The predicted octanol–water partition coefficient (Wildman–Crippen LogP) is 3.83. The van der Waals surface area contributed by atoms with E-state index < -0.39 is 0 Å². The highest BCUT2D eigenvalue weighted by Crippen LogP contribution is 2.25. The van der Waals surface area contributed by atoms with Crippen LogP contribution in [0.1, 0.15) is 25.7 Å². The highest BCUT2D eigenvalue weighted by Gasteiger charge is 2.15. The van der Waals surface area contributed by atoms with Crippen LogP contribution in [-0.2, 0) is 0 Å². The molecule has 1 aromatic carbocycles. The van der Waals surface area contributed by atoms with Gasteiger partial charge in [-0.25, -0.2) is 4.39 Å². The number of anilines is 1. The van der Waals surface area contributed by atoms with Crippen LogP contribution in [0.2, 0.25) is 5.02 Å². The van der Waals surface area contributed by atoms with Gasteiger partial charge in [-0.1, -0.05) is 24.4 Å². The van der Waals surface area contributed by atoms with Gasteiger partial charge in [0.15, 0.2) is 0 Å². The molecule has 0 heterocycles. The van der Waals surface area contributed by atoms with E-state index in [-0.39, 0.29) is 5.82 Å². The fourth-order valence-corrected chi connectivity index (χ4v) is 2.07. The van der Waals surface area contributed by atoms with Crippen molar-refractivity contribution in [1.82, 2.24) is 0 Å². The molecular formula is C11H13ClFN. The van der Waals surface area contributed by atoms with E-state index in [2.05, 4.69) is 5.32 Å². The largest absolute Gasteiger partial charge is 0.380 e. The summed E-state index contributed by atoms with van der Waals surface area (Å²) in [6.45, 7) is 0. The Labute approximate surface area is 88.3 Å². The van der Waals surface area contributed by atoms with Crippen molar-refractivity contribution in [2.24, 2.45) is 0 Å². The molecule has 1 aliphatic rings. The zero-order chi connectivity index (χ0) is 9.97. The summed E-state index contributed by atoms with van der Waals surface area (Å²) in [5, 5.41) is 3.77. The number of hydrogen-bond acceptors (Lipinski definition) is 1. The molecule has 1 N–H and O–H groups in total. The lowest BCUT2D eigenvalue weighted by Gasteiger charge is -2.14. The lowest BCUT2D eigenvalue weighted by atomic mass is 10.2. The van der Waals surface area contributed by atoms with Gasteiger partial charge in [-0.15, -0.1) is 0 Å². The van der Waals surface area contributed by atoms with Crippen molar-refractivity contribution in [1.29, 1.82) is 0 Å². The summed E-state index contributed by atoms with van der Waals surface area (Å²) in [6.07, 6.45) is 4.73. The maximum atomic E-state index is 13.3. The number of benzene rings is 1. The third-order valence-electron chi connectivity index (χ3n) is 2.64. The van der Waals surface area contributed by atoms with Crippen molar-refractivity contribution < 1.29 is 4.39 Å². The lowest BCUT2D eigenvalue weighted by Crippen LogP contribution is -2.15. The Morgan fingerprint density at radius 2 is 2.00 bits per heavy atom. The second kappa shape index (κ2) is 4.18. The van der Waals surface area contributed by atoms with Gasteiger partial charge in [-0.05, 0) is 31.0 Å². The van der Waals surface area contributed by atoms with E-state index in [1.165, 1.54) is 18.9 Å². The summed E-state index contributed by atoms with van der Waals surface area (Å²) in [6, 6.07) is 5.04. The molecule has 14 heavy (non-hydrogen) atoms. The molecule has 0 amide bonds. The van der Waals surface area contributed by atoms with Crippen molar-refractivity contribution in [3.05, 3.63) is 29.0 Å². The van der Waals surface area contributed by atoms with Crippen LogP contribution in [0.5, 0.6) is 0 Å². The number of hydrogen-bond donors (Lipinski definition) is 1. The molecule has 0 aliphatic heterocycles. The molecule has 1 aromatic rings. The zero-order valence-corrected chi connectivity index (χ0v) is 8.65. The van der Waals surface area contributed by atoms with E-state index >= 15 is 0 Å². The summed E-state index contributed by atoms with van der Waals surface area (Å²) < 4.78 is 13.3. The second-order valence-electron chi connectivity index (χ2n) is 3.75. The van der Waals surface area contributed by atoms with Crippen LogP contribution in [0.4, 0.5) is 10.1 Å². The van der Waals surface area contributed by atoms with Crippen molar-refractivity contribution in [2.45, 2.75) is 31.7 Å². The molecule has 0 spiro atoms. The predicted molar refractivity (Wildman–Crippen MR) is 57.3 cm³/mol. The van der Waals surface area contributed by atoms with Crippen molar-refractivity contribution in [2.75, 3.05) is 5.32 Å². The Balaban J connectivity index is 2.10. The standard InChI is InChI=1S/C11H13ClFN/c12-8-5-6-10(13)11(7-8)14-9-3-1-2-4-9/h5-7,9,14H,1-4H2. The van der Waals surface area contributed by atoms with Crippen LogP contribution in [0.3, 0.4) is 0 Å². The van der Waals surface area contributed by atoms with E-state index in [0.29, 0.717) is 16.8 Å². The smallest absolute Gasteiger partial charge is 0.146 e. The van der Waals surface area contributed by atoms with Gasteiger partial charge in [-0.2, -0.15) is 0 Å². The first-order valence-electron chi connectivity index (χ1n) is 4.97. The van der Waals surface area contributed by atoms with Gasteiger partial charge in [0, 0.05) is 11.1 Å². The van der Waals surface area contributed by atoms with Crippen molar-refractivity contribution in [3.63, 3.8) is 0 Å². The van der Waals surface area contributed by atoms with Crippen LogP contribution in [0.15, 0.2) is 18.2 Å². The minimum absolute atomic E-state index is 0.221. The van der Waals surface area contributed by atoms with Gasteiger partial charge in [0.05, 0.1) is 5.69 Å². The first-order chi connectivity index (χ1) is 6.75. The normalized spacial score (nSPS) is 17.3. The van der Waals surface area contributed by atoms with Crippen molar-refractivity contribution >= 4 is 17.3 Å². The molecule has 0 bridgehead atoms. The van der Waals surface area contributed by atoms with Crippen LogP contribution < -0.4 is 5.32 Å². The van der Waals surface area contributed by atoms with Crippen LogP contribution in [0.25, 0.3) is 0 Å². The van der Waals surface area contributed by atoms with Crippen LogP contribution in [-0.4, -0.2) is 6.04 Å². The third kappa shape index (κ3) is 2.18. The van der Waals surface area contributed by atoms with Crippen LogP contribution in [0, 0.1) is 5.82 Å². The summed E-state index contributed by atoms with van der Waals surface area (Å²) in [5.41, 5.74) is 0.532. The quantitative estimate of drug-likeness (QED) is 0.787. The van der Waals surface area contributed by atoms with Gasteiger partial charge < -0.3 is 5.32 Å². The molecule has 1 nitrogen and oxygen atoms in total. The molecule has 0 unspecified atom stereocenters. The average Bonchev–Trinajstić information content (AvgIpc) is 2.64. The Morgan fingerprint density at radius 1 is 1.29 bits per heavy atom. The Morgan fingerprint density at radius 3 is 2.71 bits per heavy atom. The Bertz CT molecular complexity index is 321. The molecule has 0 saturated heterocycles. The molecule has 3 heteroatoms. The monoisotopic (exact) mass is 213 g/mol. The minimum Gasteiger partial charge on any atom is -0.380 e. The van der Waals surface area contributed by atoms with Gasteiger partial charge in [0.1, 0.15) is 5.82 Å². The average molecular weight is 214 g/mol. The topological polar surface area (TPSA) is 12.0 Å².